The van der Waals surface area contributed by atoms with Crippen LogP contribution < -0.4 is 0 Å². The first-order chi connectivity index (χ1) is 10.6. The van der Waals surface area contributed by atoms with Crippen molar-refractivity contribution in [3.8, 4) is 0 Å². The second-order valence-electron chi connectivity index (χ2n) is 5.95. The second-order valence-corrected chi connectivity index (χ2v) is 5.95. The molecule has 2 aromatic rings. The maximum absolute atomic E-state index is 13.0. The van der Waals surface area contributed by atoms with E-state index < -0.39 is 0 Å². The van der Waals surface area contributed by atoms with Crippen LogP contribution in [0.5, 0.6) is 0 Å². The van der Waals surface area contributed by atoms with E-state index >= 15 is 0 Å². The van der Waals surface area contributed by atoms with Gasteiger partial charge in [-0.2, -0.15) is 5.10 Å². The highest BCUT2D eigenvalue weighted by Gasteiger charge is 2.29. The van der Waals surface area contributed by atoms with Crippen LogP contribution in [0, 0.1) is 11.7 Å². The monoisotopic (exact) mass is 301 g/mol. The molecule has 0 spiro atoms. The Balaban J connectivity index is 1.73. The molecule has 0 radical (unpaired) electrons. The normalized spacial score (nSPS) is 15.5. The zero-order chi connectivity index (χ0) is 15.5. The Labute approximate surface area is 129 Å². The third-order valence-corrected chi connectivity index (χ3v) is 4.05. The van der Waals surface area contributed by atoms with Crippen molar-refractivity contribution in [3.63, 3.8) is 0 Å². The van der Waals surface area contributed by atoms with E-state index in [0.29, 0.717) is 12.5 Å². The first kappa shape index (κ1) is 14.8. The summed E-state index contributed by atoms with van der Waals surface area (Å²) in [6.45, 7) is 3.14. The first-order valence-electron chi connectivity index (χ1n) is 7.66. The number of hydrogen-bond donors (Lipinski definition) is 0. The molecule has 1 atom stereocenters. The zero-order valence-electron chi connectivity index (χ0n) is 12.7. The number of rotatable bonds is 6. The molecule has 4 nitrogen and oxygen atoms in total. The van der Waals surface area contributed by atoms with Crippen molar-refractivity contribution in [2.75, 3.05) is 6.54 Å². The highest BCUT2D eigenvalue weighted by Crippen LogP contribution is 2.31. The summed E-state index contributed by atoms with van der Waals surface area (Å²) in [5.74, 6) is 0.405. The van der Waals surface area contributed by atoms with E-state index in [-0.39, 0.29) is 17.8 Å². The molecule has 1 heterocycles. The van der Waals surface area contributed by atoms with Gasteiger partial charge in [0, 0.05) is 25.5 Å². The van der Waals surface area contributed by atoms with Crippen molar-refractivity contribution in [2.45, 2.75) is 32.4 Å². The van der Waals surface area contributed by atoms with Gasteiger partial charge in [0.15, 0.2) is 0 Å². The van der Waals surface area contributed by atoms with E-state index in [0.717, 1.165) is 12.1 Å². The Morgan fingerprint density at radius 1 is 1.41 bits per heavy atom. The van der Waals surface area contributed by atoms with Gasteiger partial charge in [-0.15, -0.1) is 0 Å². The maximum atomic E-state index is 13.0. The number of nitrogens with zero attached hydrogens (tertiary/aromatic N) is 3. The fourth-order valence-corrected chi connectivity index (χ4v) is 2.54. The predicted molar refractivity (Wildman–Crippen MR) is 81.5 cm³/mol. The molecular weight excluding hydrogens is 281 g/mol. The van der Waals surface area contributed by atoms with Crippen LogP contribution >= 0.6 is 0 Å². The average molecular weight is 301 g/mol. The standard InChI is InChI=1S/C17H20FN3O/c1-13(21-10-2-9-19-21)17(22)20(11-14-3-4-14)12-15-5-7-16(18)8-6-15/h2,5-10,13-14H,3-4,11-12H2,1H3/t13-/m1/s1. The third kappa shape index (κ3) is 3.53. The van der Waals surface area contributed by atoms with Crippen LogP contribution in [0.15, 0.2) is 42.7 Å². The van der Waals surface area contributed by atoms with Gasteiger partial charge in [0.2, 0.25) is 5.91 Å². The van der Waals surface area contributed by atoms with Gasteiger partial charge in [0.25, 0.3) is 0 Å². The number of halogens is 1. The van der Waals surface area contributed by atoms with Crippen molar-refractivity contribution in [1.82, 2.24) is 14.7 Å². The lowest BCUT2D eigenvalue weighted by atomic mass is 10.1. The molecule has 1 aromatic carbocycles. The molecule has 0 saturated heterocycles. The van der Waals surface area contributed by atoms with Crippen LogP contribution in [-0.4, -0.2) is 27.1 Å². The Hall–Kier alpha value is -2.17. The number of benzene rings is 1. The molecule has 116 valence electrons. The first-order valence-corrected chi connectivity index (χ1v) is 7.66. The molecule has 22 heavy (non-hydrogen) atoms. The SMILES string of the molecule is C[C@H](C(=O)N(Cc1ccc(F)cc1)CC1CC1)n1cccn1. The molecule has 0 bridgehead atoms. The lowest BCUT2D eigenvalue weighted by Gasteiger charge is -2.26. The summed E-state index contributed by atoms with van der Waals surface area (Å²) in [4.78, 5) is 14.6. The highest BCUT2D eigenvalue weighted by molar-refractivity contribution is 5.80. The van der Waals surface area contributed by atoms with Crippen LogP contribution in [-0.2, 0) is 11.3 Å². The molecule has 0 N–H and O–H groups in total. The second kappa shape index (κ2) is 6.30. The molecule has 1 amide bonds. The van der Waals surface area contributed by atoms with E-state index in [1.807, 2.05) is 17.9 Å². The van der Waals surface area contributed by atoms with Gasteiger partial charge in [0.05, 0.1) is 0 Å². The van der Waals surface area contributed by atoms with E-state index in [4.69, 9.17) is 0 Å². The molecule has 1 aliphatic rings. The molecule has 1 fully saturated rings. The number of amides is 1. The quantitative estimate of drug-likeness (QED) is 0.822. The Morgan fingerprint density at radius 2 is 2.14 bits per heavy atom. The summed E-state index contributed by atoms with van der Waals surface area (Å²) in [7, 11) is 0. The highest BCUT2D eigenvalue weighted by atomic mass is 19.1. The Kier molecular flexibility index (Phi) is 4.22. The summed E-state index contributed by atoms with van der Waals surface area (Å²) in [5.41, 5.74) is 0.947. The summed E-state index contributed by atoms with van der Waals surface area (Å²) in [6.07, 6.45) is 5.84. The summed E-state index contributed by atoms with van der Waals surface area (Å²) >= 11 is 0. The van der Waals surface area contributed by atoms with Crippen molar-refractivity contribution < 1.29 is 9.18 Å². The topological polar surface area (TPSA) is 38.1 Å². The number of carbonyl (C=O) groups excluding carboxylic acids is 1. The number of hydrogen-bond acceptors (Lipinski definition) is 2. The van der Waals surface area contributed by atoms with Gasteiger partial charge in [-0.05, 0) is 49.4 Å². The van der Waals surface area contributed by atoms with Crippen LogP contribution in [0.2, 0.25) is 0 Å². The molecule has 3 rings (SSSR count). The number of carbonyl (C=O) groups is 1. The van der Waals surface area contributed by atoms with Crippen LogP contribution in [0.25, 0.3) is 0 Å². The van der Waals surface area contributed by atoms with Gasteiger partial charge in [-0.3, -0.25) is 9.48 Å². The van der Waals surface area contributed by atoms with Crippen LogP contribution in [0.4, 0.5) is 4.39 Å². The lowest BCUT2D eigenvalue weighted by molar-refractivity contribution is -0.135. The molecule has 0 aliphatic heterocycles. The lowest BCUT2D eigenvalue weighted by Crippen LogP contribution is -2.37. The fraction of sp³-hybridized carbons (Fsp3) is 0.412. The molecule has 5 heteroatoms. The molecule has 0 unspecified atom stereocenters. The summed E-state index contributed by atoms with van der Waals surface area (Å²) < 4.78 is 14.7. The smallest absolute Gasteiger partial charge is 0.247 e. The number of aromatic nitrogens is 2. The van der Waals surface area contributed by atoms with Gasteiger partial charge in [0.1, 0.15) is 11.9 Å². The zero-order valence-corrected chi connectivity index (χ0v) is 12.7. The minimum Gasteiger partial charge on any atom is -0.336 e. The maximum Gasteiger partial charge on any atom is 0.247 e. The predicted octanol–water partition coefficient (Wildman–Crippen LogP) is 3.02. The van der Waals surface area contributed by atoms with Crippen molar-refractivity contribution >= 4 is 5.91 Å². The minimum atomic E-state index is -0.325. The van der Waals surface area contributed by atoms with E-state index in [1.54, 1.807) is 29.2 Å². The molecule has 1 saturated carbocycles. The van der Waals surface area contributed by atoms with E-state index in [1.165, 1.54) is 25.0 Å². The van der Waals surface area contributed by atoms with Crippen LogP contribution in [0.1, 0.15) is 31.4 Å². The van der Waals surface area contributed by atoms with Crippen molar-refractivity contribution in [3.05, 3.63) is 54.1 Å². The van der Waals surface area contributed by atoms with Crippen LogP contribution in [0.3, 0.4) is 0 Å². The molecule has 1 aliphatic carbocycles. The molecular formula is C17H20FN3O. The van der Waals surface area contributed by atoms with Gasteiger partial charge in [-0.1, -0.05) is 12.1 Å². The minimum absolute atomic E-state index is 0.0555. The Bertz CT molecular complexity index is 620. The Morgan fingerprint density at radius 3 is 2.73 bits per heavy atom. The summed E-state index contributed by atoms with van der Waals surface area (Å²) in [5, 5.41) is 4.15. The van der Waals surface area contributed by atoms with Gasteiger partial charge < -0.3 is 4.90 Å². The van der Waals surface area contributed by atoms with Crippen molar-refractivity contribution in [1.29, 1.82) is 0 Å². The van der Waals surface area contributed by atoms with Gasteiger partial charge in [-0.25, -0.2) is 4.39 Å². The van der Waals surface area contributed by atoms with E-state index in [9.17, 15) is 9.18 Å². The largest absolute Gasteiger partial charge is 0.336 e. The van der Waals surface area contributed by atoms with Crippen molar-refractivity contribution in [2.24, 2.45) is 5.92 Å². The molecule has 1 aromatic heterocycles. The summed E-state index contributed by atoms with van der Waals surface area (Å²) in [6, 6.07) is 7.84. The third-order valence-electron chi connectivity index (χ3n) is 4.05. The average Bonchev–Trinajstić information content (AvgIpc) is 3.17. The fourth-order valence-electron chi connectivity index (χ4n) is 2.54. The van der Waals surface area contributed by atoms with Gasteiger partial charge >= 0.3 is 0 Å². The van der Waals surface area contributed by atoms with E-state index in [2.05, 4.69) is 5.10 Å².